The molecule has 0 aromatic heterocycles. The van der Waals surface area contributed by atoms with Gasteiger partial charge in [-0.05, 0) is 0 Å². The molecule has 152 valence electrons. The van der Waals surface area contributed by atoms with Crippen LogP contribution in [0.15, 0.2) is 0 Å². The number of nitrogens with one attached hydrogen (secondary N) is 1. The highest BCUT2D eigenvalue weighted by molar-refractivity contribution is 4.87. The Hall–Kier alpha value is -1.02. The van der Waals surface area contributed by atoms with Crippen LogP contribution in [-0.2, 0) is 0 Å². The molecule has 15 heteroatoms. The van der Waals surface area contributed by atoms with Gasteiger partial charge >= 0.3 is 24.2 Å². The fourth-order valence-electron chi connectivity index (χ4n) is 1.40. The van der Waals surface area contributed by atoms with E-state index in [0.717, 1.165) is 5.32 Å². The molecule has 0 bridgehead atoms. The third-order valence-corrected chi connectivity index (χ3v) is 2.56. The molecule has 0 fully saturated rings. The lowest BCUT2D eigenvalue weighted by atomic mass is 10.1. The predicted octanol–water partition coefficient (Wildman–Crippen LogP) is 5.02. The lowest BCUT2D eigenvalue weighted by molar-refractivity contribution is -0.301. The quantitative estimate of drug-likeness (QED) is 0.556. The number of hydrogen-bond donors (Lipinski definition) is 1. The van der Waals surface area contributed by atoms with E-state index in [-0.39, 0.29) is 0 Å². The van der Waals surface area contributed by atoms with Gasteiger partial charge in [0.1, 0.15) is 0 Å². The molecule has 0 saturated carbocycles. The zero-order valence-corrected chi connectivity index (χ0v) is 11.6. The molecule has 0 atom stereocenters. The third-order valence-electron chi connectivity index (χ3n) is 2.56. The fourth-order valence-corrected chi connectivity index (χ4v) is 1.40. The first kappa shape index (κ1) is 24.0. The molecule has 0 aliphatic rings. The summed E-state index contributed by atoms with van der Waals surface area (Å²) in [6.45, 7) is -4.46. The molecule has 25 heavy (non-hydrogen) atoms. The first-order chi connectivity index (χ1) is 10.6. The second kappa shape index (κ2) is 6.95. The smallest absolute Gasteiger partial charge is 0.306 e. The minimum absolute atomic E-state index is 0.913. The summed E-state index contributed by atoms with van der Waals surface area (Å²) in [7, 11) is 0. The molecule has 0 aromatic rings. The largest absolute Gasteiger partial charge is 0.453 e. The van der Waals surface area contributed by atoms with Crippen LogP contribution >= 0.6 is 0 Å². The number of halogens is 14. The molecule has 0 saturated heterocycles. The Morgan fingerprint density at radius 1 is 0.440 bits per heavy atom. The zero-order chi connectivity index (χ0) is 20.5. The van der Waals surface area contributed by atoms with Crippen molar-refractivity contribution in [3.05, 3.63) is 0 Å². The molecule has 1 nitrogen and oxygen atoms in total. The Balaban J connectivity index is 4.73. The van der Waals surface area contributed by atoms with E-state index in [2.05, 4.69) is 0 Å². The average molecular weight is 409 g/mol. The lowest BCUT2D eigenvalue weighted by Gasteiger charge is -2.27. The van der Waals surface area contributed by atoms with Gasteiger partial charge in [-0.2, -0.15) is 43.9 Å². The van der Waals surface area contributed by atoms with Crippen molar-refractivity contribution in [1.29, 1.82) is 0 Å². The molecule has 0 aliphatic heterocycles. The standard InChI is InChI=1S/C10H9F14N/c11-5(12,1-7(15,16)9(19,20)21)3-25-4-6(13,14)2-8(17,18)10(22,23)24/h25H,1-4H2. The third kappa shape index (κ3) is 7.40. The maximum Gasteiger partial charge on any atom is 0.453 e. The van der Waals surface area contributed by atoms with Gasteiger partial charge in [-0.1, -0.05) is 0 Å². The van der Waals surface area contributed by atoms with Crippen molar-refractivity contribution in [3.63, 3.8) is 0 Å². The molecular weight excluding hydrogens is 400 g/mol. The van der Waals surface area contributed by atoms with Crippen LogP contribution in [0.3, 0.4) is 0 Å². The topological polar surface area (TPSA) is 12.0 Å². The van der Waals surface area contributed by atoms with Gasteiger partial charge < -0.3 is 5.32 Å². The highest BCUT2D eigenvalue weighted by atomic mass is 19.4. The monoisotopic (exact) mass is 409 g/mol. The van der Waals surface area contributed by atoms with E-state index in [4.69, 9.17) is 0 Å². The summed E-state index contributed by atoms with van der Waals surface area (Å²) in [4.78, 5) is 0. The normalized spacial score (nSPS) is 15.6. The summed E-state index contributed by atoms with van der Waals surface area (Å²) in [6, 6.07) is 0. The van der Waals surface area contributed by atoms with Gasteiger partial charge in [-0.3, -0.25) is 0 Å². The molecular formula is C10H9F14N. The van der Waals surface area contributed by atoms with Crippen LogP contribution in [0.2, 0.25) is 0 Å². The van der Waals surface area contributed by atoms with Gasteiger partial charge in [-0.15, -0.1) is 0 Å². The van der Waals surface area contributed by atoms with Gasteiger partial charge in [0.15, 0.2) is 0 Å². The Labute approximate surface area is 130 Å². The maximum atomic E-state index is 12.9. The second-order valence-corrected chi connectivity index (χ2v) is 5.07. The van der Waals surface area contributed by atoms with Crippen LogP contribution in [0.25, 0.3) is 0 Å². The summed E-state index contributed by atoms with van der Waals surface area (Å²) < 4.78 is 172. The van der Waals surface area contributed by atoms with E-state index in [9.17, 15) is 61.5 Å². The molecule has 0 amide bonds. The van der Waals surface area contributed by atoms with Crippen molar-refractivity contribution in [2.45, 2.75) is 48.9 Å². The first-order valence-electron chi connectivity index (χ1n) is 5.97. The van der Waals surface area contributed by atoms with Crippen LogP contribution < -0.4 is 5.32 Å². The van der Waals surface area contributed by atoms with Crippen LogP contribution in [-0.4, -0.2) is 49.1 Å². The van der Waals surface area contributed by atoms with Gasteiger partial charge in [0.05, 0.1) is 25.9 Å². The highest BCUT2D eigenvalue weighted by Crippen LogP contribution is 2.43. The van der Waals surface area contributed by atoms with Gasteiger partial charge in [-0.25, -0.2) is 17.6 Å². The van der Waals surface area contributed by atoms with Crippen molar-refractivity contribution < 1.29 is 61.5 Å². The van der Waals surface area contributed by atoms with E-state index in [1.54, 1.807) is 0 Å². The lowest BCUT2D eigenvalue weighted by Crippen LogP contribution is -2.49. The van der Waals surface area contributed by atoms with Gasteiger partial charge in [0, 0.05) is 0 Å². The number of rotatable bonds is 8. The Morgan fingerprint density at radius 3 is 0.880 bits per heavy atom. The molecule has 0 spiro atoms. The Kier molecular flexibility index (Phi) is 6.66. The molecule has 1 N–H and O–H groups in total. The van der Waals surface area contributed by atoms with Crippen LogP contribution in [0.5, 0.6) is 0 Å². The first-order valence-corrected chi connectivity index (χ1v) is 5.97. The molecule has 0 radical (unpaired) electrons. The van der Waals surface area contributed by atoms with E-state index >= 15 is 0 Å². The minimum atomic E-state index is -6.35. The van der Waals surface area contributed by atoms with E-state index < -0.39 is 62.0 Å². The Bertz CT molecular complexity index is 394. The summed E-state index contributed by atoms with van der Waals surface area (Å²) in [5.74, 6) is -21.5. The molecule has 0 heterocycles. The van der Waals surface area contributed by atoms with E-state index in [1.165, 1.54) is 0 Å². The molecule has 0 aromatic carbocycles. The van der Waals surface area contributed by atoms with Crippen molar-refractivity contribution in [3.8, 4) is 0 Å². The van der Waals surface area contributed by atoms with Crippen LogP contribution in [0, 0.1) is 0 Å². The predicted molar refractivity (Wildman–Crippen MR) is 54.0 cm³/mol. The summed E-state index contributed by atoms with van der Waals surface area (Å²) >= 11 is 0. The average Bonchev–Trinajstić information content (AvgIpc) is 2.20. The zero-order valence-electron chi connectivity index (χ0n) is 11.6. The minimum Gasteiger partial charge on any atom is -0.306 e. The summed E-state index contributed by atoms with van der Waals surface area (Å²) in [5, 5.41) is 0.913. The SMILES string of the molecule is FC(F)(CNCC(F)(F)CC(F)(F)C(F)(F)F)CC(F)(F)C(F)(F)F. The molecule has 0 rings (SSSR count). The molecule has 0 aliphatic carbocycles. The maximum absolute atomic E-state index is 12.9. The summed E-state index contributed by atoms with van der Waals surface area (Å²) in [6.07, 6.45) is -19.0. The number of alkyl halides is 14. The van der Waals surface area contributed by atoms with Crippen molar-refractivity contribution >= 4 is 0 Å². The summed E-state index contributed by atoms with van der Waals surface area (Å²) in [5.41, 5.74) is 0. The van der Waals surface area contributed by atoms with Crippen molar-refractivity contribution in [1.82, 2.24) is 5.32 Å². The highest BCUT2D eigenvalue weighted by Gasteiger charge is 2.63. The Morgan fingerprint density at radius 2 is 0.680 bits per heavy atom. The van der Waals surface area contributed by atoms with Crippen LogP contribution in [0.4, 0.5) is 61.5 Å². The van der Waals surface area contributed by atoms with E-state index in [1.807, 2.05) is 0 Å². The van der Waals surface area contributed by atoms with Crippen molar-refractivity contribution in [2.75, 3.05) is 13.1 Å². The van der Waals surface area contributed by atoms with E-state index in [0.29, 0.717) is 0 Å². The molecule has 0 unspecified atom stereocenters. The number of hydrogen-bond acceptors (Lipinski definition) is 1. The van der Waals surface area contributed by atoms with Crippen molar-refractivity contribution in [2.24, 2.45) is 0 Å². The van der Waals surface area contributed by atoms with Gasteiger partial charge in [0.2, 0.25) is 0 Å². The van der Waals surface area contributed by atoms with Crippen LogP contribution in [0.1, 0.15) is 12.8 Å². The second-order valence-electron chi connectivity index (χ2n) is 5.07. The fraction of sp³-hybridized carbons (Fsp3) is 1.00. The van der Waals surface area contributed by atoms with Gasteiger partial charge in [0.25, 0.3) is 11.8 Å².